The largest absolute Gasteiger partial charge is 0.356 e. The van der Waals surface area contributed by atoms with Crippen molar-refractivity contribution >= 4 is 41.8 Å². The van der Waals surface area contributed by atoms with Gasteiger partial charge in [-0.1, -0.05) is 12.1 Å². The van der Waals surface area contributed by atoms with Crippen LogP contribution >= 0.6 is 24.0 Å². The summed E-state index contributed by atoms with van der Waals surface area (Å²) in [6.07, 6.45) is 2.19. The smallest absolute Gasteiger partial charge is 0.229 e. The number of benzene rings is 1. The van der Waals surface area contributed by atoms with Crippen LogP contribution in [0.2, 0.25) is 0 Å². The molecule has 0 unspecified atom stereocenters. The Hall–Kier alpha value is -1.71. The zero-order chi connectivity index (χ0) is 17.4. The van der Waals surface area contributed by atoms with Gasteiger partial charge < -0.3 is 10.6 Å². The van der Waals surface area contributed by atoms with Gasteiger partial charge in [-0.05, 0) is 30.5 Å². The molecule has 1 aromatic carbocycles. The Morgan fingerprint density at radius 1 is 1.20 bits per heavy atom. The van der Waals surface area contributed by atoms with Crippen molar-refractivity contribution in [2.45, 2.75) is 25.7 Å². The van der Waals surface area contributed by atoms with Crippen LogP contribution in [0, 0.1) is 5.82 Å². The van der Waals surface area contributed by atoms with Gasteiger partial charge in [-0.25, -0.2) is 4.39 Å². The molecule has 0 radical (unpaired) electrons. The van der Waals surface area contributed by atoms with E-state index in [1.165, 1.54) is 17.0 Å². The highest BCUT2D eigenvalue weighted by molar-refractivity contribution is 14.0. The second kappa shape index (κ2) is 11.0. The number of halogens is 2. The minimum atomic E-state index is -0.245. The van der Waals surface area contributed by atoms with E-state index in [1.807, 2.05) is 6.07 Å². The second-order valence-electron chi connectivity index (χ2n) is 5.60. The van der Waals surface area contributed by atoms with Crippen LogP contribution in [0.25, 0.3) is 0 Å². The number of nitrogens with zero attached hydrogens (tertiary/aromatic N) is 2. The lowest BCUT2D eigenvalue weighted by atomic mass is 10.1. The number of guanidine groups is 1. The molecule has 25 heavy (non-hydrogen) atoms. The van der Waals surface area contributed by atoms with Crippen molar-refractivity contribution in [3.05, 3.63) is 35.6 Å². The molecule has 6 nitrogen and oxygen atoms in total. The summed E-state index contributed by atoms with van der Waals surface area (Å²) in [4.78, 5) is 28.8. The number of likely N-dealkylation sites (tertiary alicyclic amines) is 1. The molecule has 138 valence electrons. The summed E-state index contributed by atoms with van der Waals surface area (Å²) in [5.74, 6) is 0.124. The lowest BCUT2D eigenvalue weighted by Crippen LogP contribution is -2.46. The quantitative estimate of drug-likeness (QED) is 0.292. The van der Waals surface area contributed by atoms with Crippen LogP contribution in [0.4, 0.5) is 4.39 Å². The van der Waals surface area contributed by atoms with Crippen LogP contribution in [-0.2, 0) is 16.0 Å². The van der Waals surface area contributed by atoms with Gasteiger partial charge in [0.05, 0.1) is 0 Å². The van der Waals surface area contributed by atoms with E-state index in [2.05, 4.69) is 15.6 Å². The maximum atomic E-state index is 13.1. The third kappa shape index (κ3) is 6.97. The summed E-state index contributed by atoms with van der Waals surface area (Å²) in [5.41, 5.74) is 0.905. The van der Waals surface area contributed by atoms with Gasteiger partial charge in [0.2, 0.25) is 11.8 Å². The van der Waals surface area contributed by atoms with E-state index < -0.39 is 0 Å². The Labute approximate surface area is 164 Å². The molecule has 1 aliphatic rings. The fourth-order valence-electron chi connectivity index (χ4n) is 2.57. The van der Waals surface area contributed by atoms with Gasteiger partial charge in [0, 0.05) is 39.5 Å². The first-order valence-electron chi connectivity index (χ1n) is 8.12. The third-order valence-electron chi connectivity index (χ3n) is 3.83. The number of nitrogens with one attached hydrogen (secondary N) is 2. The van der Waals surface area contributed by atoms with Gasteiger partial charge in [-0.3, -0.25) is 19.5 Å². The normalized spacial score (nSPS) is 15.0. The van der Waals surface area contributed by atoms with Crippen LogP contribution in [-0.4, -0.2) is 49.4 Å². The lowest BCUT2D eigenvalue weighted by molar-refractivity contribution is -0.147. The summed E-state index contributed by atoms with van der Waals surface area (Å²) < 4.78 is 13.1. The monoisotopic (exact) mass is 462 g/mol. The predicted molar refractivity (Wildman–Crippen MR) is 105 cm³/mol. The fraction of sp³-hybridized carbons (Fsp3) is 0.471. The second-order valence-corrected chi connectivity index (χ2v) is 5.60. The summed E-state index contributed by atoms with van der Waals surface area (Å²) in [5, 5.41) is 6.20. The number of carbonyl (C=O) groups excluding carboxylic acids is 2. The first-order valence-corrected chi connectivity index (χ1v) is 8.12. The van der Waals surface area contributed by atoms with Crippen molar-refractivity contribution in [2.24, 2.45) is 4.99 Å². The molecule has 1 heterocycles. The molecular formula is C17H24FIN4O2. The van der Waals surface area contributed by atoms with Crippen molar-refractivity contribution in [1.29, 1.82) is 0 Å². The van der Waals surface area contributed by atoms with Gasteiger partial charge in [0.25, 0.3) is 0 Å². The van der Waals surface area contributed by atoms with Crippen molar-refractivity contribution in [3.63, 3.8) is 0 Å². The van der Waals surface area contributed by atoms with Crippen molar-refractivity contribution in [1.82, 2.24) is 15.5 Å². The van der Waals surface area contributed by atoms with Gasteiger partial charge in [-0.15, -0.1) is 24.0 Å². The molecular weight excluding hydrogens is 438 g/mol. The van der Waals surface area contributed by atoms with E-state index in [1.54, 1.807) is 13.1 Å². The molecule has 1 aliphatic heterocycles. The molecule has 2 amide bonds. The molecule has 1 aromatic rings. The average molecular weight is 462 g/mol. The van der Waals surface area contributed by atoms with Gasteiger partial charge in [0.15, 0.2) is 5.96 Å². The van der Waals surface area contributed by atoms with Crippen LogP contribution < -0.4 is 10.6 Å². The molecule has 0 aliphatic carbocycles. The standard InChI is InChI=1S/C17H23FN4O2.HI/c1-19-17(20-9-8-13-4-2-5-14(18)12-13)21-10-11-22-15(23)6-3-7-16(22)24;/h2,4-5,12H,3,6-11H2,1H3,(H2,19,20,21);1H. The highest BCUT2D eigenvalue weighted by Crippen LogP contribution is 2.11. The molecule has 1 saturated heterocycles. The zero-order valence-corrected chi connectivity index (χ0v) is 16.6. The highest BCUT2D eigenvalue weighted by Gasteiger charge is 2.25. The molecule has 0 atom stereocenters. The van der Waals surface area contributed by atoms with Crippen LogP contribution in [0.5, 0.6) is 0 Å². The summed E-state index contributed by atoms with van der Waals surface area (Å²) >= 11 is 0. The van der Waals surface area contributed by atoms with E-state index >= 15 is 0 Å². The number of piperidine rings is 1. The van der Waals surface area contributed by atoms with E-state index in [0.717, 1.165) is 5.56 Å². The maximum Gasteiger partial charge on any atom is 0.229 e. The summed E-state index contributed by atoms with van der Waals surface area (Å²) in [6, 6.07) is 6.48. The number of carbonyl (C=O) groups is 2. The fourth-order valence-corrected chi connectivity index (χ4v) is 2.57. The Morgan fingerprint density at radius 3 is 2.52 bits per heavy atom. The summed E-state index contributed by atoms with van der Waals surface area (Å²) in [7, 11) is 1.65. The lowest BCUT2D eigenvalue weighted by Gasteiger charge is -2.25. The van der Waals surface area contributed by atoms with Gasteiger partial charge >= 0.3 is 0 Å². The van der Waals surface area contributed by atoms with Gasteiger partial charge in [0.1, 0.15) is 5.82 Å². The first kappa shape index (κ1) is 21.3. The van der Waals surface area contributed by atoms with Crippen molar-refractivity contribution in [2.75, 3.05) is 26.7 Å². The summed E-state index contributed by atoms with van der Waals surface area (Å²) in [6.45, 7) is 1.38. The first-order chi connectivity index (χ1) is 11.6. The highest BCUT2D eigenvalue weighted by atomic mass is 127. The van der Waals surface area contributed by atoms with Crippen LogP contribution in [0.1, 0.15) is 24.8 Å². The Morgan fingerprint density at radius 2 is 1.88 bits per heavy atom. The van der Waals surface area contributed by atoms with Crippen molar-refractivity contribution < 1.29 is 14.0 Å². The average Bonchev–Trinajstić information content (AvgIpc) is 2.56. The molecule has 0 bridgehead atoms. The number of aliphatic imine (C=N–C) groups is 1. The predicted octanol–water partition coefficient (Wildman–Crippen LogP) is 1.69. The molecule has 2 N–H and O–H groups in total. The maximum absolute atomic E-state index is 13.1. The number of amides is 2. The van der Waals surface area contributed by atoms with E-state index in [-0.39, 0.29) is 41.6 Å². The Kier molecular flexibility index (Phi) is 9.40. The molecule has 0 aromatic heterocycles. The van der Waals surface area contributed by atoms with Gasteiger partial charge in [-0.2, -0.15) is 0 Å². The number of hydrogen-bond donors (Lipinski definition) is 2. The minimum absolute atomic E-state index is 0. The number of hydrogen-bond acceptors (Lipinski definition) is 3. The number of rotatable bonds is 6. The Balaban J connectivity index is 0.00000312. The molecule has 1 fully saturated rings. The van der Waals surface area contributed by atoms with E-state index in [4.69, 9.17) is 0 Å². The van der Waals surface area contributed by atoms with Crippen LogP contribution in [0.3, 0.4) is 0 Å². The van der Waals surface area contributed by atoms with Crippen LogP contribution in [0.15, 0.2) is 29.3 Å². The SMILES string of the molecule is CN=C(NCCc1cccc(F)c1)NCCN1C(=O)CCCC1=O.I. The molecule has 2 rings (SSSR count). The Bertz CT molecular complexity index is 608. The molecule has 0 spiro atoms. The third-order valence-corrected chi connectivity index (χ3v) is 3.83. The van der Waals surface area contributed by atoms with Crippen molar-refractivity contribution in [3.8, 4) is 0 Å². The molecule has 8 heteroatoms. The molecule has 0 saturated carbocycles. The minimum Gasteiger partial charge on any atom is -0.356 e. The topological polar surface area (TPSA) is 73.8 Å². The van der Waals surface area contributed by atoms with E-state index in [0.29, 0.717) is 51.3 Å². The zero-order valence-electron chi connectivity index (χ0n) is 14.3. The number of imide groups is 1. The van der Waals surface area contributed by atoms with E-state index in [9.17, 15) is 14.0 Å².